The first kappa shape index (κ1) is 24.3. The summed E-state index contributed by atoms with van der Waals surface area (Å²) in [6.45, 7) is 2.66. The minimum absolute atomic E-state index is 0.0941. The monoisotopic (exact) mass is 491 g/mol. The van der Waals surface area contributed by atoms with E-state index in [0.29, 0.717) is 29.2 Å². The fourth-order valence-corrected chi connectivity index (χ4v) is 5.81. The smallest absolute Gasteiger partial charge is 0.255 e. The zero-order valence-electron chi connectivity index (χ0n) is 20.4. The van der Waals surface area contributed by atoms with E-state index in [2.05, 4.69) is 16.3 Å². The summed E-state index contributed by atoms with van der Waals surface area (Å²) >= 11 is 0. The minimum atomic E-state index is -0.611. The summed E-state index contributed by atoms with van der Waals surface area (Å²) < 4.78 is 0. The van der Waals surface area contributed by atoms with Crippen molar-refractivity contribution < 1.29 is 24.6 Å². The van der Waals surface area contributed by atoms with Gasteiger partial charge in [0.05, 0.1) is 0 Å². The fourth-order valence-electron chi connectivity index (χ4n) is 5.81. The van der Waals surface area contributed by atoms with E-state index in [1.807, 2.05) is 12.1 Å². The van der Waals surface area contributed by atoms with Crippen LogP contribution in [0.2, 0.25) is 0 Å². The van der Waals surface area contributed by atoms with Gasteiger partial charge in [-0.25, -0.2) is 0 Å². The van der Waals surface area contributed by atoms with E-state index in [0.717, 1.165) is 6.04 Å². The number of hydrogen-bond acceptors (Lipinski definition) is 6. The first-order valence-corrected chi connectivity index (χ1v) is 12.9. The molecule has 3 heterocycles. The molecule has 190 valence electrons. The van der Waals surface area contributed by atoms with Gasteiger partial charge in [-0.2, -0.15) is 0 Å². The van der Waals surface area contributed by atoms with Gasteiger partial charge in [-0.15, -0.1) is 0 Å². The molecule has 8 nitrogen and oxygen atoms in total. The number of piperidine rings is 1. The SMILES string of the molecule is O=C1CCC(N2Cc3cc(O)ccc3C2=O)C(=O)N1.Oc1cccc(C2CN(C3CCCCC3)C2)c1. The first-order chi connectivity index (χ1) is 17.4. The van der Waals surface area contributed by atoms with Crippen molar-refractivity contribution in [1.82, 2.24) is 15.1 Å². The molecule has 1 atom stereocenters. The minimum Gasteiger partial charge on any atom is -0.508 e. The molecule has 2 saturated heterocycles. The molecule has 3 amide bonds. The number of phenols is 2. The van der Waals surface area contributed by atoms with Crippen LogP contribution in [0.4, 0.5) is 0 Å². The van der Waals surface area contributed by atoms with Crippen molar-refractivity contribution in [2.45, 2.75) is 69.5 Å². The maximum Gasteiger partial charge on any atom is 0.255 e. The van der Waals surface area contributed by atoms with Gasteiger partial charge in [-0.3, -0.25) is 24.6 Å². The molecular formula is C28H33N3O5. The van der Waals surface area contributed by atoms with Crippen molar-refractivity contribution in [1.29, 1.82) is 0 Å². The van der Waals surface area contributed by atoms with Crippen LogP contribution in [0.3, 0.4) is 0 Å². The lowest BCUT2D eigenvalue weighted by atomic mass is 9.86. The predicted molar refractivity (Wildman–Crippen MR) is 133 cm³/mol. The molecule has 0 spiro atoms. The zero-order valence-corrected chi connectivity index (χ0v) is 20.4. The zero-order chi connectivity index (χ0) is 25.2. The molecule has 36 heavy (non-hydrogen) atoms. The Bertz CT molecular complexity index is 1150. The number of carbonyl (C=O) groups is 3. The van der Waals surface area contributed by atoms with Crippen molar-refractivity contribution in [2.75, 3.05) is 13.1 Å². The lowest BCUT2D eigenvalue weighted by Gasteiger charge is -2.46. The lowest BCUT2D eigenvalue weighted by molar-refractivity contribution is -0.136. The second kappa shape index (κ2) is 10.3. The second-order valence-corrected chi connectivity index (χ2v) is 10.3. The molecule has 3 aliphatic heterocycles. The number of nitrogens with one attached hydrogen (secondary N) is 1. The van der Waals surface area contributed by atoms with Crippen LogP contribution in [-0.4, -0.2) is 62.9 Å². The molecular weight excluding hydrogens is 458 g/mol. The van der Waals surface area contributed by atoms with Crippen LogP contribution in [0.25, 0.3) is 0 Å². The quantitative estimate of drug-likeness (QED) is 0.569. The highest BCUT2D eigenvalue weighted by atomic mass is 16.3. The van der Waals surface area contributed by atoms with E-state index in [-0.39, 0.29) is 30.5 Å². The van der Waals surface area contributed by atoms with Gasteiger partial charge in [0.2, 0.25) is 11.8 Å². The number of phenolic OH excluding ortho intramolecular Hbond substituents is 2. The van der Waals surface area contributed by atoms with Gasteiger partial charge in [0.15, 0.2) is 0 Å². The second-order valence-electron chi connectivity index (χ2n) is 10.3. The Hall–Kier alpha value is -3.39. The molecule has 1 saturated carbocycles. The number of nitrogens with zero attached hydrogens (tertiary/aromatic N) is 2. The number of hydrogen-bond donors (Lipinski definition) is 3. The maximum atomic E-state index is 12.2. The van der Waals surface area contributed by atoms with Gasteiger partial charge < -0.3 is 15.1 Å². The number of fused-ring (bicyclic) bond motifs is 1. The largest absolute Gasteiger partial charge is 0.508 e. The molecule has 4 aliphatic rings. The normalized spacial score (nSPS) is 22.9. The van der Waals surface area contributed by atoms with E-state index in [4.69, 9.17) is 0 Å². The summed E-state index contributed by atoms with van der Waals surface area (Å²) in [6.07, 6.45) is 7.63. The molecule has 0 aromatic heterocycles. The van der Waals surface area contributed by atoms with Gasteiger partial charge in [-0.05, 0) is 60.7 Å². The summed E-state index contributed by atoms with van der Waals surface area (Å²) in [5.74, 6) is 0.175. The number of carbonyl (C=O) groups excluding carboxylic acids is 3. The first-order valence-electron chi connectivity index (χ1n) is 12.9. The van der Waals surface area contributed by atoms with E-state index >= 15 is 0 Å². The molecule has 6 rings (SSSR count). The topological polar surface area (TPSA) is 110 Å². The number of amides is 3. The molecule has 0 bridgehead atoms. The Balaban J connectivity index is 0.000000149. The summed E-state index contributed by atoms with van der Waals surface area (Å²) in [5.41, 5.74) is 2.51. The molecule has 8 heteroatoms. The number of imide groups is 1. The van der Waals surface area contributed by atoms with Gasteiger partial charge in [0.25, 0.3) is 5.91 Å². The maximum absolute atomic E-state index is 12.2. The number of aromatic hydroxyl groups is 2. The van der Waals surface area contributed by atoms with Crippen LogP contribution in [0.1, 0.15) is 72.3 Å². The van der Waals surface area contributed by atoms with Crippen LogP contribution in [0.15, 0.2) is 42.5 Å². The Labute approximate surface area is 210 Å². The van der Waals surface area contributed by atoms with Gasteiger partial charge in [0, 0.05) is 43.6 Å². The third kappa shape index (κ3) is 5.09. The fraction of sp³-hybridized carbons (Fsp3) is 0.464. The van der Waals surface area contributed by atoms with Crippen LogP contribution in [0.5, 0.6) is 11.5 Å². The van der Waals surface area contributed by atoms with E-state index in [9.17, 15) is 24.6 Å². The molecule has 3 fully saturated rings. The molecule has 1 aliphatic carbocycles. The summed E-state index contributed by atoms with van der Waals surface area (Å²) in [5, 5.41) is 21.1. The number of likely N-dealkylation sites (tertiary alicyclic amines) is 1. The van der Waals surface area contributed by atoms with E-state index < -0.39 is 11.9 Å². The predicted octanol–water partition coefficient (Wildman–Crippen LogP) is 3.28. The van der Waals surface area contributed by atoms with Crippen LogP contribution in [-0.2, 0) is 16.1 Å². The highest BCUT2D eigenvalue weighted by Crippen LogP contribution is 2.34. The molecule has 2 aromatic carbocycles. The lowest BCUT2D eigenvalue weighted by Crippen LogP contribution is -2.52. The average molecular weight is 492 g/mol. The van der Waals surface area contributed by atoms with Crippen molar-refractivity contribution >= 4 is 17.7 Å². The number of rotatable bonds is 3. The summed E-state index contributed by atoms with van der Waals surface area (Å²) in [6, 6.07) is 12.5. The van der Waals surface area contributed by atoms with Gasteiger partial charge in [0.1, 0.15) is 17.5 Å². The third-order valence-electron chi connectivity index (χ3n) is 7.85. The summed E-state index contributed by atoms with van der Waals surface area (Å²) in [4.78, 5) is 39.2. The standard InChI is InChI=1S/C15H21NO.C13H12N2O4/c17-15-8-4-5-12(9-15)13-10-16(11-13)14-6-2-1-3-7-14;16-8-1-2-9-7(5-8)6-15(13(9)19)10-3-4-11(17)14-12(10)18/h4-5,8-9,13-14,17H,1-3,6-7,10-11H2;1-2,5,10,16H,3-4,6H2,(H,14,17,18). The van der Waals surface area contributed by atoms with Crippen LogP contribution >= 0.6 is 0 Å². The molecule has 2 aromatic rings. The molecule has 1 unspecified atom stereocenters. The molecule has 3 N–H and O–H groups in total. The Morgan fingerprint density at radius 3 is 2.33 bits per heavy atom. The third-order valence-corrected chi connectivity index (χ3v) is 7.85. The van der Waals surface area contributed by atoms with Gasteiger partial charge >= 0.3 is 0 Å². The van der Waals surface area contributed by atoms with Crippen LogP contribution < -0.4 is 5.32 Å². The molecule has 0 radical (unpaired) electrons. The number of benzene rings is 2. The van der Waals surface area contributed by atoms with Crippen molar-refractivity contribution in [3.63, 3.8) is 0 Å². The van der Waals surface area contributed by atoms with Crippen molar-refractivity contribution in [2.24, 2.45) is 0 Å². The Kier molecular flexibility index (Phi) is 6.96. The van der Waals surface area contributed by atoms with Crippen LogP contribution in [0, 0.1) is 0 Å². The Morgan fingerprint density at radius 1 is 0.861 bits per heavy atom. The highest BCUT2D eigenvalue weighted by molar-refractivity contribution is 6.05. The average Bonchev–Trinajstić information content (AvgIpc) is 3.14. The van der Waals surface area contributed by atoms with E-state index in [1.54, 1.807) is 12.1 Å². The highest BCUT2D eigenvalue weighted by Gasteiger charge is 2.39. The van der Waals surface area contributed by atoms with E-state index in [1.165, 1.54) is 67.8 Å². The van der Waals surface area contributed by atoms with Gasteiger partial charge in [-0.1, -0.05) is 31.4 Å². The van der Waals surface area contributed by atoms with Crippen molar-refractivity contribution in [3.8, 4) is 11.5 Å². The Morgan fingerprint density at radius 2 is 1.61 bits per heavy atom. The van der Waals surface area contributed by atoms with Crippen molar-refractivity contribution in [3.05, 3.63) is 59.2 Å². The summed E-state index contributed by atoms with van der Waals surface area (Å²) in [7, 11) is 0.